The van der Waals surface area contributed by atoms with Gasteiger partial charge in [0.2, 0.25) is 5.91 Å². The molecule has 0 aliphatic heterocycles. The summed E-state index contributed by atoms with van der Waals surface area (Å²) in [5.41, 5.74) is 4.55. The van der Waals surface area contributed by atoms with Crippen molar-refractivity contribution in [1.29, 1.82) is 0 Å². The third-order valence-electron chi connectivity index (χ3n) is 11.3. The fourth-order valence-electron chi connectivity index (χ4n) is 8.21. The highest BCUT2D eigenvalue weighted by molar-refractivity contribution is 7.75. The van der Waals surface area contributed by atoms with Gasteiger partial charge < -0.3 is 20.9 Å². The van der Waals surface area contributed by atoms with Gasteiger partial charge in [0.1, 0.15) is 6.04 Å². The molecule has 7 heteroatoms. The second kappa shape index (κ2) is 20.3. The summed E-state index contributed by atoms with van der Waals surface area (Å²) < 4.78 is 0. The SMILES string of the molecule is CCCC[P+](CCCC)(CCCC)Cc1ccc(NC(=O)[C@H](Cc2c[nH]c3ccccc23)NC(=NC2CCCCC2)NC2CCCCC2)cc1. The highest BCUT2D eigenvalue weighted by atomic mass is 31.2. The molecule has 3 aromatic rings. The summed E-state index contributed by atoms with van der Waals surface area (Å²) >= 11 is 0. The molecule has 1 aromatic heterocycles. The molecule has 2 fully saturated rings. The number of aromatic nitrogens is 1. The number of hydrogen-bond acceptors (Lipinski definition) is 2. The Morgan fingerprint density at radius 3 is 2.08 bits per heavy atom. The first-order valence-corrected chi connectivity index (χ1v) is 22.9. The minimum Gasteiger partial charge on any atom is -0.361 e. The number of aromatic amines is 1. The summed E-state index contributed by atoms with van der Waals surface area (Å²) in [4.78, 5) is 23.0. The number of para-hydroxylation sites is 1. The first kappa shape index (κ1) is 38.4. The van der Waals surface area contributed by atoms with Crippen LogP contribution in [0.2, 0.25) is 0 Å². The maximum absolute atomic E-state index is 14.3. The summed E-state index contributed by atoms with van der Waals surface area (Å²) in [6.07, 6.45) is 28.2. The number of hydrogen-bond donors (Lipinski definition) is 4. The number of amides is 1. The standard InChI is InChI=1S/C43H66N5OP/c1-4-7-28-50(29-8-5-2,30-9-6-3)33-34-24-26-38(27-25-34)45-42(49)41(31-35-32-44-40-23-17-16-22-39(35)40)48-43(46-36-18-12-10-13-19-36)47-37-20-14-11-15-21-37/h16-17,22-27,32,36-37,41,44H,4-15,18-21,28-31,33H2,1-3H3,(H2-,45,46,47,48,49)/p+1/t41-/m0/s1. The Morgan fingerprint density at radius 1 is 0.820 bits per heavy atom. The number of fused-ring (bicyclic) bond motifs is 1. The van der Waals surface area contributed by atoms with Crippen LogP contribution in [0.3, 0.4) is 0 Å². The van der Waals surface area contributed by atoms with Crippen molar-refractivity contribution in [3.05, 3.63) is 65.9 Å². The number of benzene rings is 2. The van der Waals surface area contributed by atoms with E-state index >= 15 is 0 Å². The van der Waals surface area contributed by atoms with E-state index in [2.05, 4.69) is 96.4 Å². The Hall–Kier alpha value is -2.85. The molecule has 1 heterocycles. The molecular weight excluding hydrogens is 633 g/mol. The van der Waals surface area contributed by atoms with E-state index in [0.717, 1.165) is 48.4 Å². The van der Waals surface area contributed by atoms with Crippen molar-refractivity contribution < 1.29 is 4.79 Å². The summed E-state index contributed by atoms with van der Waals surface area (Å²) in [7, 11) is -1.05. The van der Waals surface area contributed by atoms with E-state index in [1.54, 1.807) is 0 Å². The van der Waals surface area contributed by atoms with Crippen molar-refractivity contribution >= 4 is 35.7 Å². The second-order valence-corrected chi connectivity index (χ2v) is 19.8. The molecule has 6 nitrogen and oxygen atoms in total. The smallest absolute Gasteiger partial charge is 0.247 e. The van der Waals surface area contributed by atoms with E-state index in [0.29, 0.717) is 18.5 Å². The number of nitrogens with one attached hydrogen (secondary N) is 4. The maximum atomic E-state index is 14.3. The van der Waals surface area contributed by atoms with E-state index in [-0.39, 0.29) is 5.91 Å². The number of carbonyl (C=O) groups excluding carboxylic acids is 1. The molecule has 5 rings (SSSR count). The largest absolute Gasteiger partial charge is 0.361 e. The fourth-order valence-corrected chi connectivity index (χ4v) is 13.3. The molecule has 0 spiro atoms. The molecular formula is C43H67N5OP+. The lowest BCUT2D eigenvalue weighted by Gasteiger charge is -2.29. The van der Waals surface area contributed by atoms with Gasteiger partial charge >= 0.3 is 0 Å². The summed E-state index contributed by atoms with van der Waals surface area (Å²) in [5, 5.41) is 12.0. The predicted octanol–water partition coefficient (Wildman–Crippen LogP) is 10.8. The van der Waals surface area contributed by atoms with E-state index in [1.807, 2.05) is 0 Å². The van der Waals surface area contributed by atoms with Crippen LogP contribution in [-0.2, 0) is 17.4 Å². The minimum absolute atomic E-state index is 0.0134. The molecule has 2 saturated carbocycles. The number of carbonyl (C=O) groups is 1. The molecule has 0 unspecified atom stereocenters. The van der Waals surface area contributed by atoms with Crippen molar-refractivity contribution in [2.24, 2.45) is 4.99 Å². The lowest BCUT2D eigenvalue weighted by atomic mass is 9.95. The first-order chi connectivity index (χ1) is 24.5. The minimum atomic E-state index is -1.05. The van der Waals surface area contributed by atoms with Crippen LogP contribution >= 0.6 is 7.26 Å². The van der Waals surface area contributed by atoms with Crippen molar-refractivity contribution in [2.75, 3.05) is 23.8 Å². The van der Waals surface area contributed by atoms with Crippen molar-refractivity contribution in [2.45, 2.75) is 154 Å². The molecule has 4 N–H and O–H groups in total. The molecule has 2 aliphatic carbocycles. The van der Waals surface area contributed by atoms with Crippen molar-refractivity contribution in [1.82, 2.24) is 15.6 Å². The van der Waals surface area contributed by atoms with Gasteiger partial charge in [-0.25, -0.2) is 4.99 Å². The average molecular weight is 701 g/mol. The Balaban J connectivity index is 1.35. The molecule has 2 aliphatic rings. The number of H-pyrrole nitrogens is 1. The van der Waals surface area contributed by atoms with Gasteiger partial charge in [-0.1, -0.05) is 109 Å². The van der Waals surface area contributed by atoms with Gasteiger partial charge in [0.05, 0.1) is 30.7 Å². The van der Waals surface area contributed by atoms with Crippen LogP contribution in [0, 0.1) is 0 Å². The molecule has 2 aromatic carbocycles. The van der Waals surface area contributed by atoms with E-state index in [4.69, 9.17) is 4.99 Å². The van der Waals surface area contributed by atoms with Crippen molar-refractivity contribution in [3.8, 4) is 0 Å². The van der Waals surface area contributed by atoms with Crippen LogP contribution < -0.4 is 16.0 Å². The van der Waals surface area contributed by atoms with Gasteiger partial charge in [-0.15, -0.1) is 0 Å². The highest BCUT2D eigenvalue weighted by Gasteiger charge is 2.35. The third-order valence-corrected chi connectivity index (χ3v) is 16.1. The molecule has 0 radical (unpaired) electrons. The van der Waals surface area contributed by atoms with Gasteiger partial charge in [-0.3, -0.25) is 4.79 Å². The summed E-state index contributed by atoms with van der Waals surface area (Å²) in [6.45, 7) is 7.01. The van der Waals surface area contributed by atoms with Crippen LogP contribution in [0.25, 0.3) is 10.9 Å². The van der Waals surface area contributed by atoms with Crippen LogP contribution in [0.5, 0.6) is 0 Å². The lowest BCUT2D eigenvalue weighted by molar-refractivity contribution is -0.117. The Morgan fingerprint density at radius 2 is 1.44 bits per heavy atom. The highest BCUT2D eigenvalue weighted by Crippen LogP contribution is 2.63. The topological polar surface area (TPSA) is 81.3 Å². The molecule has 0 bridgehead atoms. The summed E-state index contributed by atoms with van der Waals surface area (Å²) in [6, 6.07) is 17.5. The maximum Gasteiger partial charge on any atom is 0.247 e. The van der Waals surface area contributed by atoms with Crippen LogP contribution in [0.1, 0.15) is 135 Å². The van der Waals surface area contributed by atoms with Crippen LogP contribution in [0.4, 0.5) is 5.69 Å². The Bertz CT molecular complexity index is 1430. The van der Waals surface area contributed by atoms with Gasteiger partial charge in [-0.05, 0) is 74.3 Å². The van der Waals surface area contributed by atoms with Gasteiger partial charge in [-0.2, -0.15) is 0 Å². The zero-order chi connectivity index (χ0) is 35.0. The first-order valence-electron chi connectivity index (χ1n) is 20.4. The van der Waals surface area contributed by atoms with Crippen LogP contribution in [-0.4, -0.2) is 53.5 Å². The Kier molecular flexibility index (Phi) is 15.5. The number of anilines is 1. The molecule has 1 amide bonds. The fraction of sp³-hybridized carbons (Fsp3) is 0.628. The lowest BCUT2D eigenvalue weighted by Crippen LogP contribution is -2.53. The predicted molar refractivity (Wildman–Crippen MR) is 218 cm³/mol. The average Bonchev–Trinajstić information content (AvgIpc) is 3.56. The number of nitrogens with zero attached hydrogens (tertiary/aromatic N) is 1. The number of unbranched alkanes of at least 4 members (excludes halogenated alkanes) is 3. The zero-order valence-corrected chi connectivity index (χ0v) is 32.5. The molecule has 1 atom stereocenters. The van der Waals surface area contributed by atoms with Crippen LogP contribution in [0.15, 0.2) is 59.7 Å². The second-order valence-electron chi connectivity index (χ2n) is 15.4. The molecule has 50 heavy (non-hydrogen) atoms. The van der Waals surface area contributed by atoms with E-state index in [1.165, 1.54) is 113 Å². The van der Waals surface area contributed by atoms with Gasteiger partial charge in [0, 0.05) is 42.5 Å². The normalized spacial score (nSPS) is 17.1. The monoisotopic (exact) mass is 701 g/mol. The Labute approximate surface area is 304 Å². The number of rotatable bonds is 18. The van der Waals surface area contributed by atoms with Gasteiger partial charge in [0.25, 0.3) is 0 Å². The number of guanidine groups is 1. The van der Waals surface area contributed by atoms with Crippen molar-refractivity contribution in [3.63, 3.8) is 0 Å². The zero-order valence-electron chi connectivity index (χ0n) is 31.6. The quantitative estimate of drug-likeness (QED) is 0.0606. The molecule has 0 saturated heterocycles. The summed E-state index contributed by atoms with van der Waals surface area (Å²) in [5.74, 6) is 0.797. The third kappa shape index (κ3) is 11.6. The van der Waals surface area contributed by atoms with E-state index in [9.17, 15) is 4.79 Å². The number of aliphatic imine (C=N–C) groups is 1. The van der Waals surface area contributed by atoms with Gasteiger partial charge in [0.15, 0.2) is 5.96 Å². The molecule has 274 valence electrons. The van der Waals surface area contributed by atoms with E-state index < -0.39 is 13.3 Å².